The van der Waals surface area contributed by atoms with E-state index < -0.39 is 24.7 Å². The predicted octanol–water partition coefficient (Wildman–Crippen LogP) is 6.90. The van der Waals surface area contributed by atoms with E-state index in [1.807, 2.05) is 19.1 Å². The van der Waals surface area contributed by atoms with Crippen LogP contribution in [0.1, 0.15) is 46.3 Å². The Morgan fingerprint density at radius 3 is 2.33 bits per heavy atom. The fourth-order valence-electron chi connectivity index (χ4n) is 3.98. The van der Waals surface area contributed by atoms with Crippen molar-refractivity contribution in [1.82, 2.24) is 0 Å². The Morgan fingerprint density at radius 2 is 1.69 bits per heavy atom. The van der Waals surface area contributed by atoms with Crippen LogP contribution in [0.25, 0.3) is 0 Å². The zero-order valence-electron chi connectivity index (χ0n) is 19.9. The van der Waals surface area contributed by atoms with Gasteiger partial charge in [0, 0.05) is 11.1 Å². The van der Waals surface area contributed by atoms with Crippen molar-refractivity contribution in [2.24, 2.45) is 5.92 Å². The molecule has 36 heavy (non-hydrogen) atoms. The minimum absolute atomic E-state index is 0.134. The van der Waals surface area contributed by atoms with Crippen molar-refractivity contribution in [2.75, 3.05) is 11.7 Å². The molecule has 0 spiro atoms. The Balaban J connectivity index is 1.61. The zero-order chi connectivity index (χ0) is 25.8. The lowest BCUT2D eigenvalue weighted by Crippen LogP contribution is -2.30. The monoisotopic (exact) mass is 509 g/mol. The van der Waals surface area contributed by atoms with Crippen molar-refractivity contribution in [3.05, 3.63) is 93.8 Å². The number of ketones is 1. The van der Waals surface area contributed by atoms with E-state index in [-0.39, 0.29) is 22.3 Å². The normalized spacial score (nSPS) is 13.0. The van der Waals surface area contributed by atoms with Crippen LogP contribution >= 0.6 is 11.6 Å². The Bertz CT molecular complexity index is 1320. The van der Waals surface area contributed by atoms with E-state index in [1.54, 1.807) is 25.1 Å². The molecule has 6 nitrogen and oxygen atoms in total. The maximum absolute atomic E-state index is 13.8. The topological polar surface area (TPSA) is 72.9 Å². The van der Waals surface area contributed by atoms with Crippen LogP contribution in [0.15, 0.2) is 60.7 Å². The number of nitrogens with zero attached hydrogens (tertiary/aromatic N) is 1. The highest BCUT2D eigenvalue weighted by atomic mass is 35.5. The van der Waals surface area contributed by atoms with E-state index >= 15 is 0 Å². The molecule has 1 saturated carbocycles. The summed E-state index contributed by atoms with van der Waals surface area (Å²) >= 11 is 6.50. The average molecular weight is 510 g/mol. The maximum Gasteiger partial charge on any atom is 0.421 e. The quantitative estimate of drug-likeness (QED) is 0.197. The highest BCUT2D eigenvalue weighted by Gasteiger charge is 2.28. The Morgan fingerprint density at radius 1 is 0.944 bits per heavy atom. The van der Waals surface area contributed by atoms with Crippen LogP contribution in [-0.4, -0.2) is 24.6 Å². The second-order valence-electron chi connectivity index (χ2n) is 8.69. The van der Waals surface area contributed by atoms with Crippen molar-refractivity contribution in [2.45, 2.75) is 33.1 Å². The zero-order valence-corrected chi connectivity index (χ0v) is 20.7. The number of benzene rings is 3. The molecule has 4 rings (SSSR count). The number of hydrogen-bond acceptors (Lipinski definition) is 5. The molecular formula is C28H25ClFNO5. The van der Waals surface area contributed by atoms with E-state index in [0.717, 1.165) is 24.8 Å². The molecule has 0 heterocycles. The van der Waals surface area contributed by atoms with Gasteiger partial charge >= 0.3 is 12.1 Å². The van der Waals surface area contributed by atoms with Crippen molar-refractivity contribution >= 4 is 40.8 Å². The van der Waals surface area contributed by atoms with Gasteiger partial charge in [-0.05, 0) is 74.2 Å². The molecule has 3 aromatic rings. The molecule has 0 aliphatic heterocycles. The first kappa shape index (κ1) is 25.4. The van der Waals surface area contributed by atoms with Gasteiger partial charge < -0.3 is 9.47 Å². The summed E-state index contributed by atoms with van der Waals surface area (Å²) in [6.45, 7) is 2.93. The largest absolute Gasteiger partial charge is 0.428 e. The molecule has 0 aromatic heterocycles. The fourth-order valence-corrected chi connectivity index (χ4v) is 4.24. The van der Waals surface area contributed by atoms with Gasteiger partial charge in [0.25, 0.3) is 0 Å². The van der Waals surface area contributed by atoms with Crippen LogP contribution in [0.4, 0.5) is 20.6 Å². The number of carbonyl (C=O) groups excluding carboxylic acids is 3. The second-order valence-corrected chi connectivity index (χ2v) is 9.10. The molecule has 0 radical (unpaired) electrons. The standard InChI is InChI=1S/C28H25ClFNO5/c1-17-6-3-4-9-22(17)26(32)23-12-11-21(15-24(23)29)31(25-13-10-20(30)14-18(25)2)28(34)36-16-35-27(33)19-7-5-8-19/h3-4,6,9-15,19H,5,7-8,16H2,1-2H3. The number of hydrogen-bond donors (Lipinski definition) is 0. The molecule has 0 N–H and O–H groups in total. The van der Waals surface area contributed by atoms with Gasteiger partial charge in [-0.2, -0.15) is 0 Å². The lowest BCUT2D eigenvalue weighted by atomic mass is 9.86. The van der Waals surface area contributed by atoms with Gasteiger partial charge in [-0.15, -0.1) is 0 Å². The molecule has 3 aromatic carbocycles. The van der Waals surface area contributed by atoms with Crippen LogP contribution in [-0.2, 0) is 14.3 Å². The number of esters is 1. The highest BCUT2D eigenvalue weighted by molar-refractivity contribution is 6.35. The maximum atomic E-state index is 13.8. The van der Waals surface area contributed by atoms with E-state index in [9.17, 15) is 18.8 Å². The Kier molecular flexibility index (Phi) is 7.70. The third-order valence-electron chi connectivity index (χ3n) is 6.25. The van der Waals surface area contributed by atoms with Crippen LogP contribution in [0, 0.1) is 25.6 Å². The lowest BCUT2D eigenvalue weighted by Gasteiger charge is -2.25. The van der Waals surface area contributed by atoms with Gasteiger partial charge in [0.2, 0.25) is 6.79 Å². The fraction of sp³-hybridized carbons (Fsp3) is 0.250. The molecule has 1 aliphatic carbocycles. The van der Waals surface area contributed by atoms with E-state index in [1.165, 1.54) is 35.2 Å². The van der Waals surface area contributed by atoms with Crippen LogP contribution in [0.3, 0.4) is 0 Å². The molecule has 8 heteroatoms. The number of ether oxygens (including phenoxy) is 2. The van der Waals surface area contributed by atoms with Gasteiger partial charge in [-0.1, -0.05) is 42.3 Å². The summed E-state index contributed by atoms with van der Waals surface area (Å²) in [6.07, 6.45) is 1.65. The summed E-state index contributed by atoms with van der Waals surface area (Å²) < 4.78 is 24.1. The van der Waals surface area contributed by atoms with E-state index in [4.69, 9.17) is 21.1 Å². The van der Waals surface area contributed by atoms with E-state index in [2.05, 4.69) is 0 Å². The van der Waals surface area contributed by atoms with Gasteiger partial charge in [0.15, 0.2) is 5.78 Å². The second kappa shape index (κ2) is 10.9. The van der Waals surface area contributed by atoms with Gasteiger partial charge in [0.1, 0.15) is 5.82 Å². The summed E-state index contributed by atoms with van der Waals surface area (Å²) in [4.78, 5) is 39.4. The van der Waals surface area contributed by atoms with Gasteiger partial charge in [-0.3, -0.25) is 9.59 Å². The average Bonchev–Trinajstić information content (AvgIpc) is 2.79. The van der Waals surface area contributed by atoms with Crippen LogP contribution in [0.5, 0.6) is 0 Å². The lowest BCUT2D eigenvalue weighted by molar-refractivity contribution is -0.159. The summed E-state index contributed by atoms with van der Waals surface area (Å²) in [6, 6.07) is 15.7. The minimum Gasteiger partial charge on any atom is -0.428 e. The first-order valence-corrected chi connectivity index (χ1v) is 11.9. The first-order valence-electron chi connectivity index (χ1n) is 11.6. The Hall–Kier alpha value is -3.71. The smallest absolute Gasteiger partial charge is 0.421 e. The SMILES string of the molecule is Cc1ccccc1C(=O)c1ccc(N(C(=O)OCOC(=O)C2CCC2)c2ccc(F)cc2C)cc1Cl. The first-order chi connectivity index (χ1) is 17.3. The Labute approximate surface area is 213 Å². The summed E-state index contributed by atoms with van der Waals surface area (Å²) in [5, 5.41) is 0.134. The summed E-state index contributed by atoms with van der Waals surface area (Å²) in [7, 11) is 0. The van der Waals surface area contributed by atoms with Crippen LogP contribution in [0.2, 0.25) is 5.02 Å². The molecule has 186 valence electrons. The van der Waals surface area contributed by atoms with Gasteiger partial charge in [0.05, 0.1) is 22.3 Å². The number of aryl methyl sites for hydroxylation is 2. The number of amides is 1. The number of carbonyl (C=O) groups is 3. The molecule has 1 aliphatic rings. The van der Waals surface area contributed by atoms with Crippen LogP contribution < -0.4 is 4.90 Å². The molecule has 1 amide bonds. The van der Waals surface area contributed by atoms with Crippen molar-refractivity contribution in [1.29, 1.82) is 0 Å². The van der Waals surface area contributed by atoms with Gasteiger partial charge in [-0.25, -0.2) is 14.1 Å². The molecule has 1 fully saturated rings. The number of halogens is 2. The third-order valence-corrected chi connectivity index (χ3v) is 6.56. The van der Waals surface area contributed by atoms with Crippen molar-refractivity contribution < 1.29 is 28.2 Å². The van der Waals surface area contributed by atoms with Crippen molar-refractivity contribution in [3.63, 3.8) is 0 Å². The number of rotatable bonds is 7. The van der Waals surface area contributed by atoms with E-state index in [0.29, 0.717) is 22.5 Å². The number of anilines is 2. The molecule has 0 saturated heterocycles. The highest BCUT2D eigenvalue weighted by Crippen LogP contribution is 2.34. The summed E-state index contributed by atoms with van der Waals surface area (Å²) in [5.41, 5.74) is 2.72. The minimum atomic E-state index is -0.847. The molecule has 0 bridgehead atoms. The van der Waals surface area contributed by atoms with Crippen molar-refractivity contribution in [3.8, 4) is 0 Å². The third kappa shape index (κ3) is 5.41. The molecular weight excluding hydrogens is 485 g/mol. The predicted molar refractivity (Wildman–Crippen MR) is 134 cm³/mol. The molecule has 0 unspecified atom stereocenters. The molecule has 0 atom stereocenters. The summed E-state index contributed by atoms with van der Waals surface area (Å²) in [5.74, 6) is -1.27.